The van der Waals surface area contributed by atoms with E-state index in [1.807, 2.05) is 24.3 Å². The molecule has 0 saturated heterocycles. The second-order valence-electron chi connectivity index (χ2n) is 29.6. The van der Waals surface area contributed by atoms with E-state index in [4.69, 9.17) is 8.83 Å². The molecule has 0 aliphatic rings. The molecule has 0 aliphatic carbocycles. The molecule has 0 spiro atoms. The van der Waals surface area contributed by atoms with Crippen molar-refractivity contribution < 1.29 is 8.83 Å². The Kier molecular flexibility index (Phi) is 16.4. The van der Waals surface area contributed by atoms with Crippen LogP contribution in [0.2, 0.25) is 0 Å². The number of nitrogens with zero attached hydrogens (tertiary/aromatic N) is 6. The van der Waals surface area contributed by atoms with Gasteiger partial charge in [-0.3, -0.25) is 0 Å². The lowest BCUT2D eigenvalue weighted by Crippen LogP contribution is -2.12. The van der Waals surface area contributed by atoms with Gasteiger partial charge in [-0.25, -0.2) is 0 Å². The molecule has 0 bridgehead atoms. The van der Waals surface area contributed by atoms with Crippen molar-refractivity contribution in [1.29, 1.82) is 0 Å². The quantitative estimate of drug-likeness (QED) is 0.0905. The van der Waals surface area contributed by atoms with Gasteiger partial charge in [-0.2, -0.15) is 0 Å². The Hall–Kier alpha value is -15.6. The predicted octanol–water partition coefficient (Wildman–Crippen LogP) is 30.6. The van der Waals surface area contributed by atoms with Crippen LogP contribution in [0.1, 0.15) is 0 Å². The minimum absolute atomic E-state index is 0.888. The number of fused-ring (bicyclic) bond motifs is 12. The average Bonchev–Trinajstić information content (AvgIpc) is 1.59. The summed E-state index contributed by atoms with van der Waals surface area (Å²) in [4.78, 5) is 9.44. The van der Waals surface area contributed by atoms with Crippen molar-refractivity contribution in [3.05, 3.63) is 437 Å². The number of para-hydroxylation sites is 10. The highest BCUT2D eigenvalue weighted by molar-refractivity contribution is 6.14. The van der Waals surface area contributed by atoms with E-state index in [2.05, 4.69) is 441 Å². The first-order valence-electron chi connectivity index (χ1n) is 39.4. The van der Waals surface area contributed by atoms with Crippen LogP contribution in [0.15, 0.2) is 446 Å². The van der Waals surface area contributed by atoms with Gasteiger partial charge in [0.05, 0.1) is 22.1 Å². The van der Waals surface area contributed by atoms with Gasteiger partial charge in [0, 0.05) is 134 Å². The monoisotopic (exact) mass is 1480 g/mol. The van der Waals surface area contributed by atoms with Crippen LogP contribution in [0.3, 0.4) is 0 Å². The van der Waals surface area contributed by atoms with Gasteiger partial charge in [0.1, 0.15) is 22.3 Å². The molecule has 4 heterocycles. The van der Waals surface area contributed by atoms with E-state index in [1.165, 1.54) is 21.5 Å². The fourth-order valence-corrected chi connectivity index (χ4v) is 17.5. The summed E-state index contributed by atoms with van der Waals surface area (Å²) in [5, 5.41) is 9.18. The van der Waals surface area contributed by atoms with E-state index < -0.39 is 0 Å². The lowest BCUT2D eigenvalue weighted by Gasteiger charge is -2.29. The van der Waals surface area contributed by atoms with Crippen molar-refractivity contribution >= 4 is 156 Å². The standard InChI is InChI=1S/C108H72N6O2/c1-5-23-77(24-6-1)109(81-55-47-75(48-56-81)91-35-21-37-97-95-33-15-19-41-105(95)115-107(91)97)85-59-63-87(64-60-85)111(89-67-69-103-99(71-89)93-31-13-17-39-101(93)113(103)79-27-9-3-10-28-79)83-51-43-73(44-52-83)74-45-53-84(54-46-74)112(90-68-70-104-100(72-90)94-32-14-18-40-102(94)114(104)80-29-11-4-12-30-80)88-65-61-86(62-66-88)110(78-25-7-2-8-26-78)82-57-49-76(50-58-82)92-36-22-38-98-96-34-16-20-42-106(96)116-108(92)98/h1-72H. The summed E-state index contributed by atoms with van der Waals surface area (Å²) >= 11 is 0. The van der Waals surface area contributed by atoms with Gasteiger partial charge in [0.2, 0.25) is 0 Å². The van der Waals surface area contributed by atoms with Gasteiger partial charge < -0.3 is 37.6 Å². The third-order valence-corrected chi connectivity index (χ3v) is 22.9. The van der Waals surface area contributed by atoms with Crippen LogP contribution in [0, 0.1) is 0 Å². The van der Waals surface area contributed by atoms with Crippen LogP contribution >= 0.6 is 0 Å². The minimum Gasteiger partial charge on any atom is -0.455 e. The largest absolute Gasteiger partial charge is 0.455 e. The first kappa shape index (κ1) is 67.3. The summed E-state index contributed by atoms with van der Waals surface area (Å²) in [7, 11) is 0. The third-order valence-electron chi connectivity index (χ3n) is 22.9. The van der Waals surface area contributed by atoms with E-state index in [1.54, 1.807) is 0 Å². The second kappa shape index (κ2) is 28.3. The molecule has 0 amide bonds. The van der Waals surface area contributed by atoms with E-state index in [0.29, 0.717) is 0 Å². The summed E-state index contributed by atoms with van der Waals surface area (Å²) in [6.07, 6.45) is 0. The first-order valence-corrected chi connectivity index (χ1v) is 39.4. The smallest absolute Gasteiger partial charge is 0.143 e. The predicted molar refractivity (Wildman–Crippen MR) is 485 cm³/mol. The third kappa shape index (κ3) is 11.7. The van der Waals surface area contributed by atoms with Gasteiger partial charge in [0.15, 0.2) is 0 Å². The van der Waals surface area contributed by atoms with E-state index in [0.717, 1.165) is 179 Å². The number of rotatable bonds is 17. The molecule has 0 N–H and O–H groups in total. The van der Waals surface area contributed by atoms with Crippen LogP contribution < -0.4 is 19.6 Å². The molecule has 8 nitrogen and oxygen atoms in total. The number of benzene rings is 18. The Morgan fingerprint density at radius 2 is 0.414 bits per heavy atom. The highest BCUT2D eigenvalue weighted by atomic mass is 16.3. The van der Waals surface area contributed by atoms with Crippen molar-refractivity contribution in [2.24, 2.45) is 0 Å². The Morgan fingerprint density at radius 3 is 0.767 bits per heavy atom. The molecule has 0 radical (unpaired) electrons. The first-order chi connectivity index (χ1) is 57.5. The average molecular weight is 1490 g/mol. The number of anilines is 12. The molecule has 0 aliphatic heterocycles. The molecule has 0 atom stereocenters. The van der Waals surface area contributed by atoms with Gasteiger partial charge in [-0.05, 0) is 229 Å². The van der Waals surface area contributed by atoms with Crippen molar-refractivity contribution in [3.63, 3.8) is 0 Å². The van der Waals surface area contributed by atoms with Crippen LogP contribution in [0.25, 0.3) is 132 Å². The molecule has 0 saturated carbocycles. The normalized spacial score (nSPS) is 11.6. The molecule has 4 aromatic heterocycles. The molecule has 18 aromatic carbocycles. The summed E-state index contributed by atoms with van der Waals surface area (Å²) in [5.74, 6) is 0. The van der Waals surface area contributed by atoms with E-state index >= 15 is 0 Å². The zero-order chi connectivity index (χ0) is 76.6. The number of hydrogen-bond acceptors (Lipinski definition) is 6. The number of hydrogen-bond donors (Lipinski definition) is 0. The highest BCUT2D eigenvalue weighted by Gasteiger charge is 2.24. The maximum atomic E-state index is 6.52. The van der Waals surface area contributed by atoms with Gasteiger partial charge in [0.25, 0.3) is 0 Å². The van der Waals surface area contributed by atoms with Crippen LogP contribution in [0.4, 0.5) is 68.2 Å². The van der Waals surface area contributed by atoms with Crippen LogP contribution in [-0.2, 0) is 0 Å². The fraction of sp³-hybridized carbons (Fsp3) is 0. The summed E-state index contributed by atoms with van der Waals surface area (Å²) in [6, 6.07) is 157. The lowest BCUT2D eigenvalue weighted by atomic mass is 10.0. The van der Waals surface area contributed by atoms with Gasteiger partial charge in [-0.1, -0.05) is 231 Å². The number of aromatic nitrogens is 2. The topological polar surface area (TPSA) is 49.1 Å². The molecule has 116 heavy (non-hydrogen) atoms. The molecule has 546 valence electrons. The molecule has 22 aromatic rings. The molecular formula is C108H72N6O2. The molecule has 0 fully saturated rings. The molecule has 0 unspecified atom stereocenters. The Bertz CT molecular complexity index is 6960. The Labute approximate surface area is 670 Å². The number of furan rings is 2. The summed E-state index contributed by atoms with van der Waals surface area (Å²) < 4.78 is 17.8. The van der Waals surface area contributed by atoms with Crippen molar-refractivity contribution in [3.8, 4) is 44.8 Å². The maximum absolute atomic E-state index is 6.52. The van der Waals surface area contributed by atoms with E-state index in [-0.39, 0.29) is 0 Å². The minimum atomic E-state index is 0.888. The zero-order valence-corrected chi connectivity index (χ0v) is 63.1. The second-order valence-corrected chi connectivity index (χ2v) is 29.6. The van der Waals surface area contributed by atoms with Crippen LogP contribution in [0.5, 0.6) is 0 Å². The van der Waals surface area contributed by atoms with Gasteiger partial charge in [-0.15, -0.1) is 0 Å². The Morgan fingerprint density at radius 1 is 0.164 bits per heavy atom. The van der Waals surface area contributed by atoms with E-state index in [9.17, 15) is 0 Å². The lowest BCUT2D eigenvalue weighted by molar-refractivity contribution is 0.669. The van der Waals surface area contributed by atoms with Crippen molar-refractivity contribution in [2.75, 3.05) is 19.6 Å². The van der Waals surface area contributed by atoms with Crippen molar-refractivity contribution in [2.45, 2.75) is 0 Å². The van der Waals surface area contributed by atoms with Crippen molar-refractivity contribution in [1.82, 2.24) is 9.13 Å². The zero-order valence-electron chi connectivity index (χ0n) is 63.1. The fourth-order valence-electron chi connectivity index (χ4n) is 17.5. The highest BCUT2D eigenvalue weighted by Crippen LogP contribution is 2.48. The molecule has 22 rings (SSSR count). The molecular weight excluding hydrogens is 1410 g/mol. The summed E-state index contributed by atoms with van der Waals surface area (Å²) in [5.41, 5.74) is 29.3. The molecule has 8 heteroatoms. The Balaban J connectivity index is 0.624. The SMILES string of the molecule is c1ccc(N(c2ccc(-c3cccc4c3oc3ccccc34)cc2)c2ccc(N(c3ccc(-c4ccc(N(c5ccc(N(c6ccccc6)c6ccc(-c7cccc8c7oc7ccccc78)cc6)cc5)c5ccc6c(c5)c5ccccc5n6-c5ccccc5)cc4)cc3)c3ccc4c(c3)c3ccccc3n4-c3ccccc3)cc2)cc1. The summed E-state index contributed by atoms with van der Waals surface area (Å²) in [6.45, 7) is 0. The van der Waals surface area contributed by atoms with Gasteiger partial charge >= 0.3 is 0 Å². The maximum Gasteiger partial charge on any atom is 0.143 e. The van der Waals surface area contributed by atoms with Crippen LogP contribution in [-0.4, -0.2) is 9.13 Å².